The molecule has 3 nitrogen and oxygen atoms in total. The molecule has 0 spiro atoms. The van der Waals surface area contributed by atoms with Crippen LogP contribution in [0.25, 0.3) is 59.8 Å². The van der Waals surface area contributed by atoms with Gasteiger partial charge in [0, 0.05) is 22.2 Å². The highest BCUT2D eigenvalue weighted by Gasteiger charge is 2.27. The number of pyridine rings is 2. The Kier molecular flexibility index (Phi) is 3.15. The van der Waals surface area contributed by atoms with Crippen molar-refractivity contribution in [1.29, 1.82) is 5.26 Å². The van der Waals surface area contributed by atoms with Crippen LogP contribution in [0.5, 0.6) is 0 Å². The Morgan fingerprint density at radius 3 is 2.31 bits per heavy atom. The summed E-state index contributed by atoms with van der Waals surface area (Å²) >= 11 is 0. The van der Waals surface area contributed by atoms with E-state index in [4.69, 9.17) is 0 Å². The van der Waals surface area contributed by atoms with E-state index < -0.39 is 0 Å². The zero-order valence-corrected chi connectivity index (χ0v) is 18.2. The van der Waals surface area contributed by atoms with Crippen LogP contribution in [0.3, 0.4) is 0 Å². The third kappa shape index (κ3) is 1.85. The lowest BCUT2D eigenvalue weighted by atomic mass is 9.92. The minimum Gasteiger partial charge on any atom is -0.306 e. The molecule has 0 atom stereocenters. The van der Waals surface area contributed by atoms with Gasteiger partial charge in [0.05, 0.1) is 32.9 Å². The van der Waals surface area contributed by atoms with Crippen molar-refractivity contribution in [2.45, 2.75) is 13.8 Å². The molecule has 3 heteroatoms. The molecule has 0 N–H and O–H groups in total. The molecule has 7 rings (SSSR count). The molecule has 0 saturated carbocycles. The maximum Gasteiger partial charge on any atom is 0.224 e. The monoisotopic (exact) mass is 410 g/mol. The van der Waals surface area contributed by atoms with Crippen LogP contribution in [-0.4, -0.2) is 4.40 Å². The average molecular weight is 411 g/mol. The van der Waals surface area contributed by atoms with Crippen LogP contribution in [0.1, 0.15) is 16.7 Å². The van der Waals surface area contributed by atoms with Gasteiger partial charge in [-0.05, 0) is 41.8 Å². The molecule has 32 heavy (non-hydrogen) atoms. The van der Waals surface area contributed by atoms with Crippen LogP contribution < -0.4 is 4.57 Å². The molecule has 3 aromatic heterocycles. The van der Waals surface area contributed by atoms with E-state index in [0.717, 1.165) is 32.8 Å². The van der Waals surface area contributed by atoms with Gasteiger partial charge in [-0.3, -0.25) is 0 Å². The fraction of sp³-hybridized carbons (Fsp3) is 0.103. The molecule has 0 radical (unpaired) electrons. The van der Waals surface area contributed by atoms with Gasteiger partial charge in [-0.15, -0.1) is 0 Å². The van der Waals surface area contributed by atoms with Crippen LogP contribution in [-0.2, 0) is 7.05 Å². The van der Waals surface area contributed by atoms with Gasteiger partial charge in [-0.1, -0.05) is 48.5 Å². The number of para-hydroxylation sites is 1. The van der Waals surface area contributed by atoms with Gasteiger partial charge in [0.15, 0.2) is 6.20 Å². The van der Waals surface area contributed by atoms with Gasteiger partial charge in [0.1, 0.15) is 13.1 Å². The number of rotatable bonds is 0. The lowest BCUT2D eigenvalue weighted by molar-refractivity contribution is -0.643. The first-order chi connectivity index (χ1) is 15.6. The first-order valence-corrected chi connectivity index (χ1v) is 10.9. The predicted molar refractivity (Wildman–Crippen MR) is 131 cm³/mol. The summed E-state index contributed by atoms with van der Waals surface area (Å²) in [5, 5.41) is 18.8. The van der Waals surface area contributed by atoms with Gasteiger partial charge in [-0.25, -0.2) is 4.57 Å². The second-order valence-electron chi connectivity index (χ2n) is 8.89. The van der Waals surface area contributed by atoms with Crippen molar-refractivity contribution in [3.63, 3.8) is 0 Å². The fourth-order valence-electron chi connectivity index (χ4n) is 5.97. The smallest absolute Gasteiger partial charge is 0.224 e. The van der Waals surface area contributed by atoms with E-state index >= 15 is 0 Å². The molecule has 3 heterocycles. The Hall–Kier alpha value is -4.16. The highest BCUT2D eigenvalue weighted by atomic mass is 15.0. The second-order valence-corrected chi connectivity index (χ2v) is 8.89. The van der Waals surface area contributed by atoms with E-state index in [-0.39, 0.29) is 0 Å². The third-order valence-corrected chi connectivity index (χ3v) is 7.25. The molecule has 150 valence electrons. The fourth-order valence-corrected chi connectivity index (χ4v) is 5.97. The molecule has 0 amide bonds. The maximum atomic E-state index is 10.4. The van der Waals surface area contributed by atoms with Crippen LogP contribution in [0.4, 0.5) is 0 Å². The summed E-state index contributed by atoms with van der Waals surface area (Å²) in [7, 11) is 2.11. The normalized spacial score (nSPS) is 12.2. The number of aryl methyl sites for hydroxylation is 3. The zero-order valence-electron chi connectivity index (χ0n) is 18.2. The van der Waals surface area contributed by atoms with Crippen molar-refractivity contribution in [3.05, 3.63) is 83.6 Å². The molecule has 0 aliphatic heterocycles. The average Bonchev–Trinajstić information content (AvgIpc) is 3.16. The van der Waals surface area contributed by atoms with Crippen molar-refractivity contribution >= 4 is 59.8 Å². The summed E-state index contributed by atoms with van der Waals surface area (Å²) in [5.74, 6) is 0. The van der Waals surface area contributed by atoms with E-state index in [0.29, 0.717) is 0 Å². The van der Waals surface area contributed by atoms with E-state index in [1.165, 1.54) is 43.7 Å². The van der Waals surface area contributed by atoms with Gasteiger partial charge in [0.2, 0.25) is 5.52 Å². The van der Waals surface area contributed by atoms with E-state index in [1.54, 1.807) is 0 Å². The number of benzene rings is 4. The molecule has 0 aliphatic carbocycles. The SMILES string of the molecule is Cc1cc2cc[n+](C)c3c4c(C)c5ccccc5c(C#N)c4n4c5ccccc5c1c4c23. The standard InChI is InChI=1S/C29H20N3/c1-16-14-18-12-13-31(3)28-25-17(2)19-8-4-5-9-20(19)22(15-30)27(25)32-23-11-7-6-10-21(23)24(16)29(32)26(18)28/h4-14H,1-3H3/q+1. The van der Waals surface area contributed by atoms with E-state index in [9.17, 15) is 5.26 Å². The van der Waals surface area contributed by atoms with Crippen LogP contribution in [0.15, 0.2) is 66.9 Å². The lowest BCUT2D eigenvalue weighted by Crippen LogP contribution is -2.29. The first-order valence-electron chi connectivity index (χ1n) is 10.9. The molecule has 7 aromatic rings. The summed E-state index contributed by atoms with van der Waals surface area (Å²) in [6.07, 6.45) is 2.14. The third-order valence-electron chi connectivity index (χ3n) is 7.25. The Morgan fingerprint density at radius 2 is 1.53 bits per heavy atom. The Bertz CT molecular complexity index is 1970. The summed E-state index contributed by atoms with van der Waals surface area (Å²) in [6, 6.07) is 24.0. The van der Waals surface area contributed by atoms with Gasteiger partial charge >= 0.3 is 0 Å². The van der Waals surface area contributed by atoms with Crippen LogP contribution in [0.2, 0.25) is 0 Å². The number of nitriles is 1. The molecule has 0 aliphatic rings. The largest absolute Gasteiger partial charge is 0.306 e. The molecule has 0 bridgehead atoms. The number of aromatic nitrogens is 2. The van der Waals surface area contributed by atoms with Gasteiger partial charge in [0.25, 0.3) is 0 Å². The number of nitrogens with zero attached hydrogens (tertiary/aromatic N) is 3. The number of fused-ring (bicyclic) bond motifs is 7. The summed E-state index contributed by atoms with van der Waals surface area (Å²) < 4.78 is 4.58. The lowest BCUT2D eigenvalue weighted by Gasteiger charge is -2.16. The number of hydrogen-bond donors (Lipinski definition) is 0. The minimum absolute atomic E-state index is 0.744. The quantitative estimate of drug-likeness (QED) is 0.160. The predicted octanol–water partition coefficient (Wildman–Crippen LogP) is 6.46. The van der Waals surface area contributed by atoms with E-state index in [1.807, 2.05) is 6.07 Å². The van der Waals surface area contributed by atoms with Crippen molar-refractivity contribution in [3.8, 4) is 6.07 Å². The molecule has 0 unspecified atom stereocenters. The van der Waals surface area contributed by atoms with Crippen molar-refractivity contribution in [2.24, 2.45) is 7.05 Å². The molecular formula is C29H20N3+. The second kappa shape index (κ2) is 5.75. The van der Waals surface area contributed by atoms with E-state index in [2.05, 4.69) is 96.7 Å². The molecule has 0 saturated heterocycles. The van der Waals surface area contributed by atoms with Crippen LogP contribution >= 0.6 is 0 Å². The van der Waals surface area contributed by atoms with Crippen molar-refractivity contribution in [1.82, 2.24) is 4.40 Å². The topological polar surface area (TPSA) is 32.1 Å². The van der Waals surface area contributed by atoms with Crippen LogP contribution in [0, 0.1) is 25.2 Å². The highest BCUT2D eigenvalue weighted by molar-refractivity contribution is 6.29. The number of hydrogen-bond acceptors (Lipinski definition) is 1. The van der Waals surface area contributed by atoms with Crippen molar-refractivity contribution in [2.75, 3.05) is 0 Å². The maximum absolute atomic E-state index is 10.4. The summed E-state index contributed by atoms with van der Waals surface area (Å²) in [5.41, 5.74) is 7.80. The minimum atomic E-state index is 0.744. The molecule has 0 fully saturated rings. The zero-order chi connectivity index (χ0) is 21.7. The van der Waals surface area contributed by atoms with Gasteiger partial charge in [-0.2, -0.15) is 5.26 Å². The molecular weight excluding hydrogens is 390 g/mol. The Balaban J connectivity index is 2.04. The Morgan fingerprint density at radius 1 is 0.812 bits per heavy atom. The summed E-state index contributed by atoms with van der Waals surface area (Å²) in [4.78, 5) is 0. The van der Waals surface area contributed by atoms with Crippen molar-refractivity contribution < 1.29 is 4.57 Å². The Labute approximate surface area is 184 Å². The molecule has 4 aromatic carbocycles. The highest BCUT2D eigenvalue weighted by Crippen LogP contribution is 2.44. The summed E-state index contributed by atoms with van der Waals surface area (Å²) in [6.45, 7) is 4.40. The first kappa shape index (κ1) is 17.5. The van der Waals surface area contributed by atoms with Gasteiger partial charge < -0.3 is 4.40 Å².